The Hall–Kier alpha value is -0.0000000000000000555. The van der Waals surface area contributed by atoms with Crippen LogP contribution in [0.1, 0.15) is 25.2 Å². The van der Waals surface area contributed by atoms with E-state index in [0.717, 1.165) is 36.8 Å². The number of hydrogen-bond acceptors (Lipinski definition) is 3. The van der Waals surface area contributed by atoms with Gasteiger partial charge in [0.05, 0.1) is 22.5 Å². The zero-order valence-corrected chi connectivity index (χ0v) is 12.5. The lowest BCUT2D eigenvalue weighted by Crippen LogP contribution is -2.02. The van der Waals surface area contributed by atoms with Crippen LogP contribution in [0.5, 0.6) is 0 Å². The number of ether oxygens (including phenoxy) is 1. The van der Waals surface area contributed by atoms with Crippen molar-refractivity contribution in [1.29, 1.82) is 0 Å². The van der Waals surface area contributed by atoms with E-state index in [1.807, 2.05) is 11.8 Å². The molecule has 0 radical (unpaired) electrons. The smallest absolute Gasteiger partial charge is 0.0767 e. The lowest BCUT2D eigenvalue weighted by molar-refractivity contribution is 0.218. The molecule has 0 spiro atoms. The Bertz CT molecular complexity index is 328. The topological polar surface area (TPSA) is 27.1 Å². The third-order valence-electron chi connectivity index (χ3n) is 2.36. The molecule has 1 heterocycles. The fourth-order valence-electron chi connectivity index (χ4n) is 1.47. The molecule has 0 aliphatic heterocycles. The predicted molar refractivity (Wildman–Crippen MR) is 73.0 cm³/mol. The molecule has 5 heteroatoms. The molecular weight excluding hydrogens is 288 g/mol. The van der Waals surface area contributed by atoms with Gasteiger partial charge >= 0.3 is 0 Å². The minimum atomic E-state index is 0.809. The molecule has 0 N–H and O–H groups in total. The van der Waals surface area contributed by atoms with E-state index < -0.39 is 0 Å². The summed E-state index contributed by atoms with van der Waals surface area (Å²) in [6, 6.07) is 0. The van der Waals surface area contributed by atoms with Gasteiger partial charge in [-0.15, -0.1) is 0 Å². The van der Waals surface area contributed by atoms with E-state index in [2.05, 4.69) is 39.6 Å². The van der Waals surface area contributed by atoms with Gasteiger partial charge in [0.25, 0.3) is 0 Å². The molecule has 0 bridgehead atoms. The van der Waals surface area contributed by atoms with Crippen molar-refractivity contribution in [2.75, 3.05) is 19.5 Å². The highest BCUT2D eigenvalue weighted by molar-refractivity contribution is 9.10. The molecule has 1 aromatic rings. The van der Waals surface area contributed by atoms with Gasteiger partial charge in [0.1, 0.15) is 0 Å². The van der Waals surface area contributed by atoms with Gasteiger partial charge in [-0.1, -0.05) is 6.92 Å². The highest BCUT2D eigenvalue weighted by Crippen LogP contribution is 2.25. The van der Waals surface area contributed by atoms with Crippen LogP contribution < -0.4 is 0 Å². The van der Waals surface area contributed by atoms with Crippen LogP contribution >= 0.6 is 27.7 Å². The largest absolute Gasteiger partial charge is 0.384 e. The summed E-state index contributed by atoms with van der Waals surface area (Å²) < 4.78 is 8.31. The van der Waals surface area contributed by atoms with Crippen molar-refractivity contribution >= 4 is 27.7 Å². The molecule has 0 fully saturated rings. The molecule has 92 valence electrons. The summed E-state index contributed by atoms with van der Waals surface area (Å²) in [5, 5.41) is 4.57. The zero-order chi connectivity index (χ0) is 12.0. The number of aryl methyl sites for hydroxylation is 2. The molecule has 0 aromatic carbocycles. The van der Waals surface area contributed by atoms with E-state index in [4.69, 9.17) is 4.74 Å². The maximum Gasteiger partial charge on any atom is 0.0767 e. The quantitative estimate of drug-likeness (QED) is 0.724. The van der Waals surface area contributed by atoms with E-state index in [-0.39, 0.29) is 0 Å². The third kappa shape index (κ3) is 3.50. The summed E-state index contributed by atoms with van der Waals surface area (Å²) in [6.45, 7) is 6.00. The predicted octanol–water partition coefficient (Wildman–Crippen LogP) is 3.11. The average Bonchev–Trinajstić information content (AvgIpc) is 2.61. The molecule has 0 aliphatic rings. The van der Waals surface area contributed by atoms with Gasteiger partial charge in [-0.25, -0.2) is 0 Å². The fraction of sp³-hybridized carbons (Fsp3) is 0.727. The van der Waals surface area contributed by atoms with Gasteiger partial charge in [0, 0.05) is 25.2 Å². The van der Waals surface area contributed by atoms with Crippen molar-refractivity contribution < 1.29 is 4.74 Å². The normalized spacial score (nSPS) is 11.0. The van der Waals surface area contributed by atoms with E-state index in [1.54, 1.807) is 7.11 Å². The van der Waals surface area contributed by atoms with Crippen LogP contribution in [0.15, 0.2) is 4.47 Å². The zero-order valence-electron chi connectivity index (χ0n) is 10.1. The van der Waals surface area contributed by atoms with Gasteiger partial charge in [0.2, 0.25) is 0 Å². The maximum atomic E-state index is 5.04. The first-order chi connectivity index (χ1) is 7.74. The van der Waals surface area contributed by atoms with Gasteiger partial charge in [-0.3, -0.25) is 4.68 Å². The second-order valence-electron chi connectivity index (χ2n) is 3.42. The third-order valence-corrected chi connectivity index (χ3v) is 4.21. The van der Waals surface area contributed by atoms with Crippen LogP contribution in [0, 0.1) is 0 Å². The molecule has 3 nitrogen and oxygen atoms in total. The van der Waals surface area contributed by atoms with Crippen LogP contribution in [0.2, 0.25) is 0 Å². The molecule has 0 amide bonds. The first kappa shape index (κ1) is 14.1. The van der Waals surface area contributed by atoms with Crippen molar-refractivity contribution in [3.05, 3.63) is 15.9 Å². The first-order valence-corrected chi connectivity index (χ1v) is 7.50. The van der Waals surface area contributed by atoms with Crippen molar-refractivity contribution in [1.82, 2.24) is 9.78 Å². The number of aromatic nitrogens is 2. The van der Waals surface area contributed by atoms with Crippen molar-refractivity contribution in [3.63, 3.8) is 0 Å². The van der Waals surface area contributed by atoms with Gasteiger partial charge in [0.15, 0.2) is 0 Å². The Kier molecular flexibility index (Phi) is 6.46. The van der Waals surface area contributed by atoms with Crippen molar-refractivity contribution in [2.45, 2.75) is 32.6 Å². The molecule has 0 aliphatic carbocycles. The fourth-order valence-corrected chi connectivity index (χ4v) is 3.27. The Balaban J connectivity index is 2.65. The van der Waals surface area contributed by atoms with Crippen LogP contribution in [-0.2, 0) is 23.5 Å². The lowest BCUT2D eigenvalue weighted by Gasteiger charge is -2.05. The van der Waals surface area contributed by atoms with Gasteiger partial charge in [-0.2, -0.15) is 16.9 Å². The van der Waals surface area contributed by atoms with Crippen LogP contribution in [0.25, 0.3) is 0 Å². The summed E-state index contributed by atoms with van der Waals surface area (Å²) in [7, 11) is 1.74. The molecule has 0 atom stereocenters. The monoisotopic (exact) mass is 306 g/mol. The van der Waals surface area contributed by atoms with E-state index in [1.165, 1.54) is 10.2 Å². The number of hydrogen-bond donors (Lipinski definition) is 0. The number of nitrogens with zero attached hydrogens (tertiary/aromatic N) is 2. The summed E-state index contributed by atoms with van der Waals surface area (Å²) in [4.78, 5) is 0. The number of rotatable bonds is 7. The standard InChI is InChI=1S/C11H19BrN2OS/c1-4-9-11(12)10(14(5-2)13-9)8-16-7-6-15-3/h4-8H2,1-3H3. The maximum absolute atomic E-state index is 5.04. The van der Waals surface area contributed by atoms with Crippen LogP contribution in [0.4, 0.5) is 0 Å². The lowest BCUT2D eigenvalue weighted by atomic mass is 10.3. The molecule has 16 heavy (non-hydrogen) atoms. The van der Waals surface area contributed by atoms with Crippen LogP contribution in [0.3, 0.4) is 0 Å². The number of halogens is 1. The van der Waals surface area contributed by atoms with Gasteiger partial charge in [-0.05, 0) is 29.3 Å². The summed E-state index contributed by atoms with van der Waals surface area (Å²) in [5.74, 6) is 2.02. The molecule has 0 saturated heterocycles. The Labute approximate surface area is 110 Å². The number of methoxy groups -OCH3 is 1. The highest BCUT2D eigenvalue weighted by atomic mass is 79.9. The Morgan fingerprint density at radius 3 is 2.75 bits per heavy atom. The van der Waals surface area contributed by atoms with Gasteiger partial charge < -0.3 is 4.74 Å². The molecule has 1 rings (SSSR count). The molecule has 0 unspecified atom stereocenters. The SMILES string of the molecule is CCc1nn(CC)c(CSCCOC)c1Br. The van der Waals surface area contributed by atoms with Crippen molar-refractivity contribution in [2.24, 2.45) is 0 Å². The van der Waals surface area contributed by atoms with E-state index in [0.29, 0.717) is 0 Å². The molecule has 0 saturated carbocycles. The minimum Gasteiger partial charge on any atom is -0.384 e. The molecule has 1 aromatic heterocycles. The van der Waals surface area contributed by atoms with E-state index in [9.17, 15) is 0 Å². The van der Waals surface area contributed by atoms with E-state index >= 15 is 0 Å². The highest BCUT2D eigenvalue weighted by Gasteiger charge is 2.13. The first-order valence-electron chi connectivity index (χ1n) is 5.55. The second-order valence-corrected chi connectivity index (χ2v) is 5.32. The summed E-state index contributed by atoms with van der Waals surface area (Å²) in [6.07, 6.45) is 0.976. The average molecular weight is 307 g/mol. The molecular formula is C11H19BrN2OS. The Morgan fingerprint density at radius 1 is 1.44 bits per heavy atom. The minimum absolute atomic E-state index is 0.809. The number of thioether (sulfide) groups is 1. The van der Waals surface area contributed by atoms with Crippen LogP contribution in [-0.4, -0.2) is 29.3 Å². The summed E-state index contributed by atoms with van der Waals surface area (Å²) in [5.41, 5.74) is 2.45. The Morgan fingerprint density at radius 2 is 2.19 bits per heavy atom. The summed E-state index contributed by atoms with van der Waals surface area (Å²) >= 11 is 5.53. The van der Waals surface area contributed by atoms with Crippen molar-refractivity contribution in [3.8, 4) is 0 Å². The second kappa shape index (κ2) is 7.35.